The van der Waals surface area contributed by atoms with Crippen molar-refractivity contribution in [1.82, 2.24) is 0 Å². The fraction of sp³-hybridized carbons (Fsp3) is 0.552. The maximum atomic E-state index is 12.6. The molecule has 1 atom stereocenters. The molecule has 0 bridgehead atoms. The quantitative estimate of drug-likeness (QED) is 0.177. The number of alkyl halides is 18. The number of rotatable bonds is 8. The van der Waals surface area contributed by atoms with Crippen molar-refractivity contribution in [2.45, 2.75) is 178 Å². The van der Waals surface area contributed by atoms with Crippen molar-refractivity contribution in [3.8, 4) is 0 Å². The Balaban J connectivity index is 0.000000552. The summed E-state index contributed by atoms with van der Waals surface area (Å²) in [5.41, 5.74) is 1.79. The van der Waals surface area contributed by atoms with Gasteiger partial charge < -0.3 is 0 Å². The molecule has 0 radical (unpaired) electrons. The van der Waals surface area contributed by atoms with Crippen molar-refractivity contribution in [2.24, 2.45) is 44.3 Å². The van der Waals surface area contributed by atoms with Gasteiger partial charge in [0.05, 0.1) is 21.7 Å². The van der Waals surface area contributed by atoms with E-state index in [0.29, 0.717) is 11.1 Å². The van der Waals surface area contributed by atoms with Crippen LogP contribution in [0.15, 0.2) is 142 Å². The molecule has 6 aliphatic rings. The molecule has 0 spiro atoms. The number of hydrogen-bond donors (Lipinski definition) is 0. The maximum absolute atomic E-state index is 12.6. The van der Waals surface area contributed by atoms with Gasteiger partial charge in [0.2, 0.25) is 15.2 Å². The van der Waals surface area contributed by atoms with Gasteiger partial charge in [-0.25, -0.2) is 0 Å². The minimum atomic E-state index is -1.44. The molecular weight excluding hydrogens is 1540 g/mol. The summed E-state index contributed by atoms with van der Waals surface area (Å²) in [7, 11) is 0. The van der Waals surface area contributed by atoms with E-state index in [1.54, 1.807) is 103 Å². The zero-order valence-electron chi connectivity index (χ0n) is 53.4. The largest absolute Gasteiger partial charge is 0.290 e. The van der Waals surface area contributed by atoms with Crippen LogP contribution in [0.25, 0.3) is 0 Å². The van der Waals surface area contributed by atoms with E-state index in [2.05, 4.69) is 6.92 Å². The van der Waals surface area contributed by atoms with Gasteiger partial charge in [-0.3, -0.25) is 28.8 Å². The highest BCUT2D eigenvalue weighted by atomic mass is 35.6. The molecule has 0 aromatic carbocycles. The van der Waals surface area contributed by atoms with Gasteiger partial charge in [0.25, 0.3) is 0 Å². The molecule has 0 N–H and O–H groups in total. The maximum Gasteiger partial charge on any atom is 0.203 e. The predicted molar refractivity (Wildman–Crippen MR) is 398 cm³/mol. The Hall–Kier alpha value is 0.120. The topological polar surface area (TPSA) is 102 Å². The Labute approximate surface area is 630 Å². The fourth-order valence-electron chi connectivity index (χ4n) is 9.19. The van der Waals surface area contributed by atoms with Crippen LogP contribution in [-0.4, -0.2) is 57.5 Å². The highest BCUT2D eigenvalue weighted by molar-refractivity contribution is 6.71. The van der Waals surface area contributed by atoms with E-state index >= 15 is 0 Å². The van der Waals surface area contributed by atoms with Gasteiger partial charge in [0, 0.05) is 23.0 Å². The number of allylic oxidation sites excluding steroid dienone is 24. The third kappa shape index (κ3) is 26.6. The molecular formula is C67H80Cl18O6. The molecule has 0 saturated carbocycles. The van der Waals surface area contributed by atoms with E-state index in [1.807, 2.05) is 48.5 Å². The Morgan fingerprint density at radius 3 is 1.07 bits per heavy atom. The number of carbonyl (C=O) groups is 6. The van der Waals surface area contributed by atoms with Crippen LogP contribution in [0.2, 0.25) is 0 Å². The Morgan fingerprint density at radius 2 is 0.736 bits per heavy atom. The Morgan fingerprint density at radius 1 is 0.385 bits per heavy atom. The number of halogens is 18. The van der Waals surface area contributed by atoms with Gasteiger partial charge >= 0.3 is 0 Å². The van der Waals surface area contributed by atoms with Crippen LogP contribution in [0.4, 0.5) is 0 Å². The number of Topliss-reactive ketones (excluding diaryl/α,β-unsaturated/α-hetero) is 2. The van der Waals surface area contributed by atoms with E-state index in [4.69, 9.17) is 209 Å². The lowest BCUT2D eigenvalue weighted by Gasteiger charge is -2.39. The molecule has 510 valence electrons. The van der Waals surface area contributed by atoms with Gasteiger partial charge in [-0.2, -0.15) is 0 Å². The molecule has 0 fully saturated rings. The molecule has 0 saturated heterocycles. The number of carbonyl (C=O) groups excluding carboxylic acids is 6. The molecule has 1 unspecified atom stereocenters. The van der Waals surface area contributed by atoms with E-state index < -0.39 is 44.4 Å². The molecule has 0 aliphatic heterocycles. The molecule has 0 aromatic heterocycles. The molecule has 0 heterocycles. The van der Waals surface area contributed by atoms with Crippen LogP contribution in [0.1, 0.15) is 155 Å². The van der Waals surface area contributed by atoms with Crippen molar-refractivity contribution >= 4 is 244 Å². The highest BCUT2D eigenvalue weighted by Gasteiger charge is 2.50. The van der Waals surface area contributed by atoms with Gasteiger partial charge in [-0.05, 0) is 132 Å². The SMILES string of the molecule is CC(C)(C)C1=CC(C(Cl)(Cl)Cl)C=C(C(C)(C)C)C1=O.CC1(C(Cl)(Cl)Cl)C=CC(=O)C=C1.CC1=CC(=O)C=C(C)C1(C)C(Cl)(Cl)Cl.CC1=CC(=O)C=CC1(C)C(Cl)(Cl)Cl.CC1=CC(C(Cl)(Cl)Cl)C=C(C)C1=O.CCCCCCCCCC1(C(Cl)(Cl)Cl)C=CC(=O)C=C1. The third-order valence-corrected chi connectivity index (χ3v) is 22.0. The average Bonchev–Trinajstić information content (AvgIpc) is 0.791. The monoisotopic (exact) mass is 1610 g/mol. The predicted octanol–water partition coefficient (Wildman–Crippen LogP) is 25.5. The minimum Gasteiger partial charge on any atom is -0.290 e. The van der Waals surface area contributed by atoms with Crippen LogP contribution in [0, 0.1) is 44.3 Å². The first-order valence-corrected chi connectivity index (χ1v) is 35.6. The van der Waals surface area contributed by atoms with Gasteiger partial charge in [-0.1, -0.05) is 374 Å². The zero-order valence-corrected chi connectivity index (χ0v) is 67.0. The first kappa shape index (κ1) is 89.1. The van der Waals surface area contributed by atoms with Crippen LogP contribution in [-0.2, 0) is 28.8 Å². The lowest BCUT2D eigenvalue weighted by Crippen LogP contribution is -2.37. The lowest BCUT2D eigenvalue weighted by molar-refractivity contribution is -0.114. The Bertz CT molecular complexity index is 2930. The summed E-state index contributed by atoms with van der Waals surface area (Å²) in [6.07, 6.45) is 36.3. The summed E-state index contributed by atoms with van der Waals surface area (Å²) in [4.78, 5) is 68.2. The summed E-state index contributed by atoms with van der Waals surface area (Å²) < 4.78 is -8.50. The summed E-state index contributed by atoms with van der Waals surface area (Å²) in [5, 5.41) is 0. The van der Waals surface area contributed by atoms with Crippen LogP contribution >= 0.6 is 209 Å². The fourth-order valence-corrected chi connectivity index (χ4v) is 12.5. The Kier molecular flexibility index (Phi) is 34.7. The van der Waals surface area contributed by atoms with E-state index in [-0.39, 0.29) is 57.4 Å². The van der Waals surface area contributed by atoms with E-state index in [9.17, 15) is 28.8 Å². The zero-order chi connectivity index (χ0) is 71.3. The summed E-state index contributed by atoms with van der Waals surface area (Å²) in [6.45, 7) is 28.4. The summed E-state index contributed by atoms with van der Waals surface area (Å²) in [5.74, 6) is -0.850. The van der Waals surface area contributed by atoms with Crippen LogP contribution in [0.3, 0.4) is 0 Å². The molecule has 0 amide bonds. The molecule has 6 rings (SSSR count). The lowest BCUT2D eigenvalue weighted by atomic mass is 9.71. The van der Waals surface area contributed by atoms with Crippen molar-refractivity contribution in [3.63, 3.8) is 0 Å². The van der Waals surface area contributed by atoms with Crippen LogP contribution < -0.4 is 0 Å². The average molecular weight is 1620 g/mol. The van der Waals surface area contributed by atoms with Crippen molar-refractivity contribution in [2.75, 3.05) is 0 Å². The van der Waals surface area contributed by atoms with Crippen molar-refractivity contribution in [3.05, 3.63) is 142 Å². The highest BCUT2D eigenvalue weighted by Crippen LogP contribution is 2.56. The standard InChI is InChI=1S/C16H23Cl3O.C15H21Cl3O.C10H11Cl3O.2C9H9Cl3O.C8H7Cl3O/c1-2-3-4-5-6-7-8-11-15(16(17,18)19)12-9-14(20)10-13-15;1-13(2,3)10-7-9(15(16,17)18)8-11(12(10)19)14(4,5)6;1-6-4-8(14)5-7(2)9(6,3)10(11,12)13;1-5-3-7(9(10,11)12)4-6(2)8(5)13;1-6-5-7(13)3-4-8(6,2)9(10,11)12;1-7(8(9,10)11)4-2-6(12)3-5-7/h9-10,12-13H,2-8,11H2,1H3;7-9H,1-6H3;4-5H,1-3H3;3-4,7H,1-2H3;3-5H,1-2H3;2-5H,1H3. The second-order valence-electron chi connectivity index (χ2n) is 25.4. The second kappa shape index (κ2) is 35.4. The number of ketones is 6. The van der Waals surface area contributed by atoms with Gasteiger partial charge in [0.1, 0.15) is 0 Å². The van der Waals surface area contributed by atoms with Crippen molar-refractivity contribution in [1.29, 1.82) is 0 Å². The van der Waals surface area contributed by atoms with Gasteiger partial charge in [-0.15, -0.1) is 0 Å². The second-order valence-corrected chi connectivity index (χ2v) is 39.3. The van der Waals surface area contributed by atoms with Crippen molar-refractivity contribution < 1.29 is 28.8 Å². The first-order chi connectivity index (χ1) is 40.8. The molecule has 6 nitrogen and oxygen atoms in total. The number of unbranched alkanes of at least 4 members (excludes halogenated alkanes) is 6. The van der Waals surface area contributed by atoms with Gasteiger partial charge in [0.15, 0.2) is 42.3 Å². The molecule has 0 aromatic rings. The normalized spacial score (nSPS) is 21.1. The van der Waals surface area contributed by atoms with E-state index in [0.717, 1.165) is 47.1 Å². The molecule has 91 heavy (non-hydrogen) atoms. The van der Waals surface area contributed by atoms with Crippen LogP contribution in [0.5, 0.6) is 0 Å². The van der Waals surface area contributed by atoms with E-state index in [1.165, 1.54) is 80.7 Å². The summed E-state index contributed by atoms with van der Waals surface area (Å²) >= 11 is 106. The molecule has 6 aliphatic carbocycles. The molecule has 24 heteroatoms. The third-order valence-electron chi connectivity index (χ3n) is 15.9. The number of hydrogen-bond acceptors (Lipinski definition) is 6. The summed E-state index contributed by atoms with van der Waals surface area (Å²) in [6, 6.07) is 0. The smallest absolute Gasteiger partial charge is 0.203 e. The minimum absolute atomic E-state index is 0.0190. The first-order valence-electron chi connectivity index (χ1n) is 28.8.